The summed E-state index contributed by atoms with van der Waals surface area (Å²) in [5, 5.41) is 0. The molecular weight excluding hydrogens is 242 g/mol. The lowest BCUT2D eigenvalue weighted by atomic mass is 9.99. The summed E-state index contributed by atoms with van der Waals surface area (Å²) < 4.78 is 10.8. The number of fused-ring (bicyclic) bond motifs is 1. The first-order valence-corrected chi connectivity index (χ1v) is 6.71. The molecule has 1 amide bonds. The number of carbonyl (C=O) groups excluding carboxylic acids is 1. The van der Waals surface area contributed by atoms with Crippen LogP contribution in [0.2, 0.25) is 0 Å². The number of ether oxygens (including phenoxy) is 2. The van der Waals surface area contributed by atoms with Crippen LogP contribution in [0.4, 0.5) is 5.69 Å². The van der Waals surface area contributed by atoms with Crippen molar-refractivity contribution in [3.8, 4) is 11.5 Å². The minimum absolute atomic E-state index is 0.0790. The van der Waals surface area contributed by atoms with Gasteiger partial charge in [-0.1, -0.05) is 6.42 Å². The Bertz CT molecular complexity index is 471. The zero-order valence-corrected chi connectivity index (χ0v) is 11.9. The maximum absolute atomic E-state index is 11.8. The highest BCUT2D eigenvalue weighted by Crippen LogP contribution is 2.39. The van der Waals surface area contributed by atoms with E-state index in [2.05, 4.69) is 0 Å². The third-order valence-corrected chi connectivity index (χ3v) is 3.60. The molecular formula is C15H21NO3. The summed E-state index contributed by atoms with van der Waals surface area (Å²) in [6.45, 7) is 2.39. The quantitative estimate of drug-likeness (QED) is 0.823. The Hall–Kier alpha value is -1.71. The maximum Gasteiger partial charge on any atom is 0.223 e. The molecule has 0 bridgehead atoms. The lowest BCUT2D eigenvalue weighted by molar-refractivity contribution is -0.116. The van der Waals surface area contributed by atoms with Crippen molar-refractivity contribution in [2.24, 2.45) is 0 Å². The molecule has 1 aliphatic heterocycles. The van der Waals surface area contributed by atoms with Gasteiger partial charge >= 0.3 is 0 Å². The summed E-state index contributed by atoms with van der Waals surface area (Å²) in [5.74, 6) is 1.56. The lowest BCUT2D eigenvalue weighted by Crippen LogP contribution is -2.31. The Morgan fingerprint density at radius 1 is 1.16 bits per heavy atom. The molecule has 1 aromatic rings. The van der Waals surface area contributed by atoms with Crippen molar-refractivity contribution in [2.75, 3.05) is 25.7 Å². The molecule has 1 aromatic carbocycles. The van der Waals surface area contributed by atoms with Gasteiger partial charge in [0.25, 0.3) is 0 Å². The highest BCUT2D eigenvalue weighted by atomic mass is 16.5. The lowest BCUT2D eigenvalue weighted by Gasteiger charge is -2.28. The Morgan fingerprint density at radius 2 is 1.95 bits per heavy atom. The van der Waals surface area contributed by atoms with E-state index in [1.807, 2.05) is 17.0 Å². The molecule has 0 atom stereocenters. The van der Waals surface area contributed by atoms with Crippen LogP contribution in [0.25, 0.3) is 0 Å². The molecule has 0 saturated carbocycles. The third-order valence-electron chi connectivity index (χ3n) is 3.60. The van der Waals surface area contributed by atoms with Crippen molar-refractivity contribution < 1.29 is 14.3 Å². The predicted octanol–water partition coefficient (Wildman–Crippen LogP) is 2.78. The van der Waals surface area contributed by atoms with Crippen LogP contribution >= 0.6 is 0 Å². The van der Waals surface area contributed by atoms with Crippen LogP contribution in [0.1, 0.15) is 31.7 Å². The van der Waals surface area contributed by atoms with E-state index >= 15 is 0 Å². The highest BCUT2D eigenvalue weighted by molar-refractivity contribution is 5.93. The number of nitrogens with zero attached hydrogens (tertiary/aromatic N) is 1. The van der Waals surface area contributed by atoms with Crippen LogP contribution in [-0.4, -0.2) is 26.7 Å². The number of hydrogen-bond acceptors (Lipinski definition) is 3. The molecule has 1 aliphatic rings. The molecule has 0 aromatic heterocycles. The van der Waals surface area contributed by atoms with Gasteiger partial charge < -0.3 is 14.4 Å². The van der Waals surface area contributed by atoms with Crippen molar-refractivity contribution in [1.29, 1.82) is 0 Å². The first kappa shape index (κ1) is 13.7. The molecule has 19 heavy (non-hydrogen) atoms. The standard InChI is InChI=1S/C15H21NO3/c1-11(17)16-10-6-4-5-7-12-13(16)8-9-14(18-2)15(12)19-3/h8-9H,4-7,10H2,1-3H3. The van der Waals surface area contributed by atoms with Gasteiger partial charge in [-0.15, -0.1) is 0 Å². The first-order chi connectivity index (χ1) is 9.19. The molecule has 1 heterocycles. The largest absolute Gasteiger partial charge is 0.493 e. The second-order valence-corrected chi connectivity index (χ2v) is 4.78. The molecule has 0 aliphatic carbocycles. The normalized spacial score (nSPS) is 15.2. The Kier molecular flexibility index (Phi) is 4.30. The van der Waals surface area contributed by atoms with Gasteiger partial charge in [0.15, 0.2) is 11.5 Å². The number of carbonyl (C=O) groups is 1. The first-order valence-electron chi connectivity index (χ1n) is 6.71. The highest BCUT2D eigenvalue weighted by Gasteiger charge is 2.22. The van der Waals surface area contributed by atoms with Crippen molar-refractivity contribution in [3.05, 3.63) is 17.7 Å². The fraction of sp³-hybridized carbons (Fsp3) is 0.533. The monoisotopic (exact) mass is 263 g/mol. The van der Waals surface area contributed by atoms with Gasteiger partial charge in [-0.25, -0.2) is 0 Å². The fourth-order valence-corrected chi connectivity index (χ4v) is 2.67. The molecule has 2 rings (SSSR count). The SMILES string of the molecule is COc1ccc2c(c1OC)CCCCCN2C(C)=O. The number of benzene rings is 1. The minimum Gasteiger partial charge on any atom is -0.493 e. The van der Waals surface area contributed by atoms with E-state index in [0.29, 0.717) is 0 Å². The van der Waals surface area contributed by atoms with Crippen molar-refractivity contribution >= 4 is 11.6 Å². The number of methoxy groups -OCH3 is 2. The molecule has 0 saturated heterocycles. The van der Waals surface area contributed by atoms with E-state index in [-0.39, 0.29) is 5.91 Å². The van der Waals surface area contributed by atoms with E-state index in [1.54, 1.807) is 21.1 Å². The fourth-order valence-electron chi connectivity index (χ4n) is 2.67. The maximum atomic E-state index is 11.8. The summed E-state index contributed by atoms with van der Waals surface area (Å²) in [4.78, 5) is 13.7. The summed E-state index contributed by atoms with van der Waals surface area (Å²) in [6.07, 6.45) is 4.21. The van der Waals surface area contributed by atoms with Gasteiger partial charge in [-0.3, -0.25) is 4.79 Å². The molecule has 4 heteroatoms. The second-order valence-electron chi connectivity index (χ2n) is 4.78. The van der Waals surface area contributed by atoms with E-state index in [4.69, 9.17) is 9.47 Å². The van der Waals surface area contributed by atoms with E-state index < -0.39 is 0 Å². The molecule has 0 fully saturated rings. The van der Waals surface area contributed by atoms with Gasteiger partial charge in [0.05, 0.1) is 19.9 Å². The van der Waals surface area contributed by atoms with Gasteiger partial charge in [-0.2, -0.15) is 0 Å². The Labute approximate surface area is 114 Å². The van der Waals surface area contributed by atoms with Gasteiger partial charge in [0.2, 0.25) is 5.91 Å². The molecule has 4 nitrogen and oxygen atoms in total. The third kappa shape index (κ3) is 2.67. The van der Waals surface area contributed by atoms with Gasteiger partial charge in [0, 0.05) is 19.0 Å². The summed E-state index contributed by atoms with van der Waals surface area (Å²) in [7, 11) is 3.28. The smallest absolute Gasteiger partial charge is 0.223 e. The molecule has 104 valence electrons. The van der Waals surface area contributed by atoms with Crippen molar-refractivity contribution in [1.82, 2.24) is 0 Å². The Balaban J connectivity index is 2.55. The number of anilines is 1. The topological polar surface area (TPSA) is 38.8 Å². The molecule has 0 spiro atoms. The number of hydrogen-bond donors (Lipinski definition) is 0. The molecule has 0 N–H and O–H groups in total. The Morgan fingerprint density at radius 3 is 2.58 bits per heavy atom. The van der Waals surface area contributed by atoms with Crippen LogP contribution in [-0.2, 0) is 11.2 Å². The van der Waals surface area contributed by atoms with Crippen molar-refractivity contribution in [2.45, 2.75) is 32.6 Å². The van der Waals surface area contributed by atoms with Gasteiger partial charge in [0.1, 0.15) is 0 Å². The minimum atomic E-state index is 0.0790. The van der Waals surface area contributed by atoms with Crippen LogP contribution in [0.15, 0.2) is 12.1 Å². The molecule has 0 unspecified atom stereocenters. The predicted molar refractivity (Wildman–Crippen MR) is 75.1 cm³/mol. The zero-order valence-electron chi connectivity index (χ0n) is 11.9. The zero-order chi connectivity index (χ0) is 13.8. The number of rotatable bonds is 2. The van der Waals surface area contributed by atoms with Crippen LogP contribution in [0.5, 0.6) is 11.5 Å². The summed E-state index contributed by atoms with van der Waals surface area (Å²) in [6, 6.07) is 3.83. The van der Waals surface area contributed by atoms with Crippen LogP contribution < -0.4 is 14.4 Å². The average Bonchev–Trinajstić information content (AvgIpc) is 2.38. The van der Waals surface area contributed by atoms with Crippen LogP contribution in [0, 0.1) is 0 Å². The van der Waals surface area contributed by atoms with Crippen molar-refractivity contribution in [3.63, 3.8) is 0 Å². The van der Waals surface area contributed by atoms with Gasteiger partial charge in [-0.05, 0) is 31.4 Å². The van der Waals surface area contributed by atoms with E-state index in [1.165, 1.54) is 0 Å². The second kappa shape index (κ2) is 5.95. The van der Waals surface area contributed by atoms with Crippen LogP contribution in [0.3, 0.4) is 0 Å². The number of amides is 1. The van der Waals surface area contributed by atoms with E-state index in [0.717, 1.165) is 55.0 Å². The van der Waals surface area contributed by atoms with E-state index in [9.17, 15) is 4.79 Å². The summed E-state index contributed by atoms with van der Waals surface area (Å²) >= 11 is 0. The molecule has 0 radical (unpaired) electrons. The summed E-state index contributed by atoms with van der Waals surface area (Å²) in [5.41, 5.74) is 2.04. The average molecular weight is 263 g/mol.